The maximum Gasteiger partial charge on any atom is 0.285 e. The van der Waals surface area contributed by atoms with Crippen LogP contribution in [-0.2, 0) is 6.54 Å². The van der Waals surface area contributed by atoms with Crippen molar-refractivity contribution in [3.8, 4) is 17.6 Å². The molecule has 0 amide bonds. The average Bonchev–Trinajstić information content (AvgIpc) is 2.65. The first-order valence-corrected chi connectivity index (χ1v) is 8.51. The second-order valence-corrected chi connectivity index (χ2v) is 6.06. The lowest BCUT2D eigenvalue weighted by Crippen LogP contribution is -2.34. The van der Waals surface area contributed by atoms with E-state index in [1.165, 1.54) is 0 Å². The number of hydrogen-bond acceptors (Lipinski definition) is 6. The molecule has 142 valence electrons. The highest BCUT2D eigenvalue weighted by Crippen LogP contribution is 2.28. The van der Waals surface area contributed by atoms with Gasteiger partial charge in [0.15, 0.2) is 11.5 Å². The van der Waals surface area contributed by atoms with Crippen LogP contribution in [-0.4, -0.2) is 34.7 Å². The van der Waals surface area contributed by atoms with Crippen molar-refractivity contribution >= 4 is 6.08 Å². The number of aliphatic hydroxyl groups is 1. The minimum atomic E-state index is -0.983. The average molecular weight is 369 g/mol. The van der Waals surface area contributed by atoms with E-state index < -0.39 is 11.7 Å². The zero-order valence-electron chi connectivity index (χ0n) is 15.9. The van der Waals surface area contributed by atoms with E-state index in [4.69, 9.17) is 14.7 Å². The number of methoxy groups -OCH3 is 1. The molecule has 1 aromatic carbocycles. The lowest BCUT2D eigenvalue weighted by Gasteiger charge is -2.16. The van der Waals surface area contributed by atoms with Crippen molar-refractivity contribution in [1.82, 2.24) is 9.78 Å². The molecule has 1 aromatic heterocycles. The third kappa shape index (κ3) is 4.74. The van der Waals surface area contributed by atoms with E-state index in [0.29, 0.717) is 22.8 Å². The zero-order valence-corrected chi connectivity index (χ0v) is 15.9. The maximum atomic E-state index is 12.3. The van der Waals surface area contributed by atoms with Gasteiger partial charge in [-0.05, 0) is 44.0 Å². The topological polar surface area (TPSA) is 97.4 Å². The van der Waals surface area contributed by atoms with Gasteiger partial charge in [-0.1, -0.05) is 18.2 Å². The van der Waals surface area contributed by atoms with Gasteiger partial charge >= 0.3 is 0 Å². The summed E-state index contributed by atoms with van der Waals surface area (Å²) in [6, 6.07) is 7.36. The summed E-state index contributed by atoms with van der Waals surface area (Å²) < 4.78 is 12.1. The van der Waals surface area contributed by atoms with Gasteiger partial charge in [-0.15, -0.1) is 0 Å². The number of nitrogens with zero attached hydrogens (tertiary/aromatic N) is 3. The Hall–Kier alpha value is -3.11. The van der Waals surface area contributed by atoms with Gasteiger partial charge in [-0.25, -0.2) is 4.68 Å². The van der Waals surface area contributed by atoms with Crippen LogP contribution in [0, 0.1) is 25.2 Å². The van der Waals surface area contributed by atoms with E-state index in [2.05, 4.69) is 5.10 Å². The lowest BCUT2D eigenvalue weighted by atomic mass is 10.1. The molecule has 1 atom stereocenters. The van der Waals surface area contributed by atoms with Gasteiger partial charge in [-0.3, -0.25) is 4.79 Å². The van der Waals surface area contributed by atoms with E-state index in [-0.39, 0.29) is 18.7 Å². The van der Waals surface area contributed by atoms with Gasteiger partial charge in [0.05, 0.1) is 19.3 Å². The molecule has 0 spiro atoms. The largest absolute Gasteiger partial charge is 0.493 e. The predicted molar refractivity (Wildman–Crippen MR) is 102 cm³/mol. The molecular weight excluding hydrogens is 346 g/mol. The molecule has 0 aliphatic heterocycles. The normalized spacial score (nSPS) is 12.0. The Morgan fingerprint density at radius 3 is 2.74 bits per heavy atom. The summed E-state index contributed by atoms with van der Waals surface area (Å²) >= 11 is 0. The molecule has 0 aliphatic carbocycles. The Balaban J connectivity index is 2.12. The number of rotatable bonds is 7. The van der Waals surface area contributed by atoms with E-state index in [0.717, 1.165) is 10.2 Å². The fraction of sp³-hybridized carbons (Fsp3) is 0.350. The molecule has 2 aromatic rings. The van der Waals surface area contributed by atoms with E-state index in [9.17, 15) is 9.90 Å². The van der Waals surface area contributed by atoms with E-state index >= 15 is 0 Å². The molecule has 1 unspecified atom stereocenters. The van der Waals surface area contributed by atoms with Gasteiger partial charge in [0.2, 0.25) is 0 Å². The van der Waals surface area contributed by atoms with Crippen LogP contribution in [0.5, 0.6) is 11.5 Å². The summed E-state index contributed by atoms with van der Waals surface area (Å²) in [7, 11) is 1.54. The molecule has 0 fully saturated rings. The Morgan fingerprint density at radius 1 is 1.37 bits per heavy atom. The third-order valence-corrected chi connectivity index (χ3v) is 4.11. The number of hydrogen-bond donors (Lipinski definition) is 1. The quantitative estimate of drug-likeness (QED) is 0.804. The van der Waals surface area contributed by atoms with E-state index in [1.54, 1.807) is 27.0 Å². The number of aryl methyl sites for hydroxylation is 1. The molecule has 7 nitrogen and oxygen atoms in total. The molecule has 0 saturated carbocycles. The Bertz CT molecular complexity index is 941. The molecule has 1 N–H and O–H groups in total. The second-order valence-electron chi connectivity index (χ2n) is 6.06. The molecule has 0 radical (unpaired) electrons. The van der Waals surface area contributed by atoms with Crippen LogP contribution in [0.4, 0.5) is 0 Å². The number of aliphatic hydroxyl groups excluding tert-OH is 1. The Labute approximate surface area is 158 Å². The molecule has 0 bridgehead atoms. The van der Waals surface area contributed by atoms with Crippen LogP contribution in [0.2, 0.25) is 0 Å². The van der Waals surface area contributed by atoms with Crippen LogP contribution < -0.4 is 15.0 Å². The number of nitriles is 1. The summed E-state index contributed by atoms with van der Waals surface area (Å²) in [5.74, 6) is 1.04. The van der Waals surface area contributed by atoms with Crippen molar-refractivity contribution in [3.63, 3.8) is 0 Å². The van der Waals surface area contributed by atoms with Crippen molar-refractivity contribution in [3.05, 3.63) is 57.0 Å². The van der Waals surface area contributed by atoms with Crippen molar-refractivity contribution in [2.24, 2.45) is 0 Å². The summed E-state index contributed by atoms with van der Waals surface area (Å²) in [6.07, 6.45) is 2.87. The number of allylic oxidation sites excluding steroid dienone is 1. The first kappa shape index (κ1) is 20.2. The van der Waals surface area contributed by atoms with Crippen LogP contribution in [0.3, 0.4) is 0 Å². The first-order valence-electron chi connectivity index (χ1n) is 8.51. The minimum Gasteiger partial charge on any atom is -0.493 e. The van der Waals surface area contributed by atoms with Crippen molar-refractivity contribution in [1.29, 1.82) is 5.26 Å². The number of benzene rings is 1. The minimum absolute atomic E-state index is 0.0388. The molecule has 0 saturated heterocycles. The van der Waals surface area contributed by atoms with Crippen LogP contribution in [0.1, 0.15) is 29.3 Å². The molecular formula is C20H23N3O4. The lowest BCUT2D eigenvalue weighted by molar-refractivity contribution is 0.0863. The van der Waals surface area contributed by atoms with Gasteiger partial charge in [0.25, 0.3) is 5.56 Å². The standard InChI is InChI=1S/C20H23N3O4/c1-5-6-15-7-8-18(19(9-15)26-4)27-12-16(24)11-23-20(25)17(10-21)13(2)14(3)22-23/h5-9,16,24H,11-12H2,1-4H3. The van der Waals surface area contributed by atoms with Gasteiger partial charge in [0, 0.05) is 0 Å². The van der Waals surface area contributed by atoms with E-state index in [1.807, 2.05) is 37.3 Å². The molecule has 1 heterocycles. The molecule has 7 heteroatoms. The smallest absolute Gasteiger partial charge is 0.285 e. The highest BCUT2D eigenvalue weighted by atomic mass is 16.5. The molecule has 0 aliphatic rings. The van der Waals surface area contributed by atoms with Crippen LogP contribution >= 0.6 is 0 Å². The summed E-state index contributed by atoms with van der Waals surface area (Å²) in [5.41, 5.74) is 1.61. The number of ether oxygens (including phenoxy) is 2. The Morgan fingerprint density at radius 2 is 2.11 bits per heavy atom. The van der Waals surface area contributed by atoms with Crippen LogP contribution in [0.15, 0.2) is 29.1 Å². The van der Waals surface area contributed by atoms with Gasteiger partial charge in [-0.2, -0.15) is 10.4 Å². The SMILES string of the molecule is CC=Cc1ccc(OCC(O)Cn2nc(C)c(C)c(C#N)c2=O)c(OC)c1. The van der Waals surface area contributed by atoms with Gasteiger partial charge in [0.1, 0.15) is 24.3 Å². The molecule has 27 heavy (non-hydrogen) atoms. The fourth-order valence-electron chi connectivity index (χ4n) is 2.57. The summed E-state index contributed by atoms with van der Waals surface area (Å²) in [6.45, 7) is 5.19. The van der Waals surface area contributed by atoms with Crippen LogP contribution in [0.25, 0.3) is 6.08 Å². The third-order valence-electron chi connectivity index (χ3n) is 4.11. The van der Waals surface area contributed by atoms with Gasteiger partial charge < -0.3 is 14.6 Å². The maximum absolute atomic E-state index is 12.3. The van der Waals surface area contributed by atoms with Crippen molar-refractivity contribution in [2.45, 2.75) is 33.4 Å². The predicted octanol–water partition coefficient (Wildman–Crippen LogP) is 2.21. The Kier molecular flexibility index (Phi) is 6.74. The highest BCUT2D eigenvalue weighted by Gasteiger charge is 2.15. The van der Waals surface area contributed by atoms with Crippen molar-refractivity contribution < 1.29 is 14.6 Å². The second kappa shape index (κ2) is 9.01. The molecule has 2 rings (SSSR count). The zero-order chi connectivity index (χ0) is 20.0. The summed E-state index contributed by atoms with van der Waals surface area (Å²) in [4.78, 5) is 12.3. The fourth-order valence-corrected chi connectivity index (χ4v) is 2.57. The summed E-state index contributed by atoms with van der Waals surface area (Å²) in [5, 5.41) is 23.6. The monoisotopic (exact) mass is 369 g/mol. The first-order chi connectivity index (χ1) is 12.9. The highest BCUT2D eigenvalue weighted by molar-refractivity contribution is 5.55. The van der Waals surface area contributed by atoms with Crippen molar-refractivity contribution in [2.75, 3.05) is 13.7 Å². The number of aromatic nitrogens is 2.